The van der Waals surface area contributed by atoms with Crippen molar-refractivity contribution in [2.75, 3.05) is 0 Å². The fraction of sp³-hybridized carbons (Fsp3) is 0. The third-order valence-corrected chi connectivity index (χ3v) is 0.260. The molecule has 0 aliphatic rings. The highest BCUT2D eigenvalue weighted by Gasteiger charge is 1.92. The summed E-state index contributed by atoms with van der Waals surface area (Å²) in [5.74, 6) is 0. The minimum atomic E-state index is -2.24. The molecule has 0 aromatic carbocycles. The molecule has 0 radical (unpaired) electrons. The van der Waals surface area contributed by atoms with Gasteiger partial charge in [-0.2, -0.15) is 8.78 Å². The highest BCUT2D eigenvalue weighted by atomic mass is 19.3. The molecule has 0 fully saturated rings. The van der Waals surface area contributed by atoms with Gasteiger partial charge < -0.3 is 0 Å². The molecule has 0 unspecified atom stereocenters. The van der Waals surface area contributed by atoms with Crippen LogP contribution >= 0.6 is 0 Å². The Balaban J connectivity index is 3.68. The second-order valence-corrected chi connectivity index (χ2v) is 0.794. The molecule has 0 saturated heterocycles. The van der Waals surface area contributed by atoms with Gasteiger partial charge in [-0.15, -0.1) is 0 Å². The average Bonchev–Trinajstić information content (AvgIpc) is 1.36. The molecule has 0 spiro atoms. The summed E-state index contributed by atoms with van der Waals surface area (Å²) in [6.45, 7) is 0. The van der Waals surface area contributed by atoms with Crippen molar-refractivity contribution in [3.63, 3.8) is 0 Å². The molecular formula is C2H2BF3. The third-order valence-electron chi connectivity index (χ3n) is 0.260. The summed E-state index contributed by atoms with van der Waals surface area (Å²) < 4.78 is 32.3. The molecule has 0 saturated carbocycles. The van der Waals surface area contributed by atoms with E-state index in [9.17, 15) is 13.2 Å². The van der Waals surface area contributed by atoms with Crippen LogP contribution in [0.3, 0.4) is 0 Å². The Labute approximate surface area is 34.1 Å². The summed E-state index contributed by atoms with van der Waals surface area (Å²) in [7, 11) is 0.704. The van der Waals surface area contributed by atoms with Crippen LogP contribution in [-0.4, -0.2) is 7.85 Å². The van der Waals surface area contributed by atoms with E-state index in [1.165, 1.54) is 0 Å². The zero-order chi connectivity index (χ0) is 5.15. The molecule has 34 valence electrons. The van der Waals surface area contributed by atoms with E-state index in [0.717, 1.165) is 0 Å². The Bertz CT molecular complexity index is 58.9. The van der Waals surface area contributed by atoms with E-state index in [1.54, 1.807) is 0 Å². The van der Waals surface area contributed by atoms with Gasteiger partial charge >= 0.3 is 0 Å². The van der Waals surface area contributed by atoms with Gasteiger partial charge in [0.1, 0.15) is 5.73 Å². The van der Waals surface area contributed by atoms with E-state index in [1.807, 2.05) is 0 Å². The van der Waals surface area contributed by atoms with Crippen molar-refractivity contribution in [1.29, 1.82) is 0 Å². The molecule has 0 rings (SSSR count). The first kappa shape index (κ1) is 5.59. The van der Waals surface area contributed by atoms with Crippen LogP contribution in [0.2, 0.25) is 0 Å². The van der Waals surface area contributed by atoms with Gasteiger partial charge in [-0.25, -0.2) is 4.39 Å². The number of rotatable bonds is 0. The van der Waals surface area contributed by atoms with Gasteiger partial charge in [-0.1, -0.05) is 0 Å². The summed E-state index contributed by atoms with van der Waals surface area (Å²) in [5, 5.41) is 0. The highest BCUT2D eigenvalue weighted by molar-refractivity contribution is 6.20. The fourth-order valence-corrected chi connectivity index (χ4v) is 0. The molecule has 0 bridgehead atoms. The lowest BCUT2D eigenvalue weighted by Gasteiger charge is -1.73. The van der Waals surface area contributed by atoms with Crippen LogP contribution in [0.25, 0.3) is 0 Å². The summed E-state index contributed by atoms with van der Waals surface area (Å²) in [5.41, 5.74) is -1.41. The van der Waals surface area contributed by atoms with Crippen LogP contribution in [0.1, 0.15) is 0 Å². The van der Waals surface area contributed by atoms with Crippen molar-refractivity contribution in [2.45, 2.75) is 0 Å². The molecule has 0 amide bonds. The quantitative estimate of drug-likeness (QED) is 0.386. The Kier molecular flexibility index (Phi) is 1.77. The van der Waals surface area contributed by atoms with Crippen molar-refractivity contribution < 1.29 is 13.2 Å². The topological polar surface area (TPSA) is 0 Å². The van der Waals surface area contributed by atoms with Crippen LogP contribution in [0, 0.1) is 0 Å². The maximum Gasteiger partial charge on any atom is 0.290 e. The summed E-state index contributed by atoms with van der Waals surface area (Å²) in [6.07, 6.45) is -2.24. The van der Waals surface area contributed by atoms with Crippen LogP contribution in [-0.2, 0) is 0 Å². The standard InChI is InChI=1S/C2H2BF3/c3-1(4)2(5)6/h3H2. The molecule has 0 aromatic heterocycles. The van der Waals surface area contributed by atoms with Crippen LogP contribution in [0.4, 0.5) is 13.2 Å². The Morgan fingerprint density at radius 1 is 1.17 bits per heavy atom. The summed E-state index contributed by atoms with van der Waals surface area (Å²) in [6, 6.07) is 0. The highest BCUT2D eigenvalue weighted by Crippen LogP contribution is 2.02. The Morgan fingerprint density at radius 2 is 1.33 bits per heavy atom. The lowest BCUT2D eigenvalue weighted by molar-refractivity contribution is 0.393. The van der Waals surface area contributed by atoms with E-state index >= 15 is 0 Å². The van der Waals surface area contributed by atoms with E-state index in [2.05, 4.69) is 0 Å². The van der Waals surface area contributed by atoms with Gasteiger partial charge in [0.25, 0.3) is 6.08 Å². The normalized spacial score (nSPS) is 7.83. The van der Waals surface area contributed by atoms with Crippen molar-refractivity contribution in [2.24, 2.45) is 0 Å². The maximum absolute atomic E-state index is 11.0. The SMILES string of the molecule is BC(F)=C(F)F. The minimum Gasteiger partial charge on any atom is -0.218 e. The molecule has 0 aliphatic carbocycles. The van der Waals surface area contributed by atoms with E-state index < -0.39 is 11.8 Å². The smallest absolute Gasteiger partial charge is 0.218 e. The lowest BCUT2D eigenvalue weighted by Crippen LogP contribution is -1.67. The molecule has 0 atom stereocenters. The lowest BCUT2D eigenvalue weighted by atomic mass is 10.1. The molecule has 4 heteroatoms. The first-order chi connectivity index (χ1) is 2.64. The summed E-state index contributed by atoms with van der Waals surface area (Å²) in [4.78, 5) is 0. The predicted octanol–water partition coefficient (Wildman–Crippen LogP) is 0.655. The largest absolute Gasteiger partial charge is 0.290 e. The zero-order valence-corrected chi connectivity index (χ0v) is 3.13. The second kappa shape index (κ2) is 1.90. The Hall–Kier alpha value is -0.405. The Morgan fingerprint density at radius 3 is 1.33 bits per heavy atom. The minimum absolute atomic E-state index is 0.704. The molecule has 0 aliphatic heterocycles. The molecule has 0 aromatic rings. The van der Waals surface area contributed by atoms with Crippen molar-refractivity contribution in [3.8, 4) is 0 Å². The molecule has 0 nitrogen and oxygen atoms in total. The van der Waals surface area contributed by atoms with Crippen molar-refractivity contribution in [1.82, 2.24) is 0 Å². The van der Waals surface area contributed by atoms with Crippen LogP contribution in [0.15, 0.2) is 11.8 Å². The predicted molar refractivity (Wildman–Crippen MR) is 18.9 cm³/mol. The van der Waals surface area contributed by atoms with E-state index in [0.29, 0.717) is 7.85 Å². The van der Waals surface area contributed by atoms with E-state index in [-0.39, 0.29) is 0 Å². The molecular weight excluding hydrogens is 91.8 g/mol. The monoisotopic (exact) mass is 94.0 g/mol. The number of hydrogen-bond donors (Lipinski definition) is 0. The van der Waals surface area contributed by atoms with Gasteiger partial charge in [0.15, 0.2) is 7.85 Å². The maximum atomic E-state index is 11.0. The number of hydrogen-bond acceptors (Lipinski definition) is 0. The van der Waals surface area contributed by atoms with Crippen molar-refractivity contribution in [3.05, 3.63) is 11.8 Å². The molecule has 0 heterocycles. The fourth-order valence-electron chi connectivity index (χ4n) is 0. The third kappa shape index (κ3) is 1.87. The van der Waals surface area contributed by atoms with Crippen LogP contribution < -0.4 is 0 Å². The van der Waals surface area contributed by atoms with Gasteiger partial charge in [-0.3, -0.25) is 0 Å². The van der Waals surface area contributed by atoms with Gasteiger partial charge in [0.2, 0.25) is 0 Å². The first-order valence-electron chi connectivity index (χ1n) is 1.32. The first-order valence-corrected chi connectivity index (χ1v) is 1.32. The van der Waals surface area contributed by atoms with E-state index in [4.69, 9.17) is 0 Å². The van der Waals surface area contributed by atoms with Gasteiger partial charge in [0, 0.05) is 0 Å². The molecule has 6 heavy (non-hydrogen) atoms. The average molecular weight is 93.8 g/mol. The molecule has 0 N–H and O–H groups in total. The second-order valence-electron chi connectivity index (χ2n) is 0.794. The van der Waals surface area contributed by atoms with Crippen LogP contribution in [0.5, 0.6) is 0 Å². The van der Waals surface area contributed by atoms with Crippen molar-refractivity contribution >= 4 is 7.85 Å². The zero-order valence-electron chi connectivity index (χ0n) is 3.13. The number of halogens is 3. The summed E-state index contributed by atoms with van der Waals surface area (Å²) >= 11 is 0. The van der Waals surface area contributed by atoms with Gasteiger partial charge in [0.05, 0.1) is 0 Å². The van der Waals surface area contributed by atoms with Gasteiger partial charge in [-0.05, 0) is 0 Å².